The molecule has 0 spiro atoms. The molecule has 2 N–H and O–H groups in total. The minimum atomic E-state index is -1.25. The van der Waals surface area contributed by atoms with Gasteiger partial charge in [-0.2, -0.15) is 0 Å². The number of fused-ring (bicyclic) bond motifs is 1. The molecule has 0 saturated heterocycles. The first-order valence-electron chi connectivity index (χ1n) is 8.86. The third-order valence-corrected chi connectivity index (χ3v) is 4.53. The van der Waals surface area contributed by atoms with Gasteiger partial charge in [0.15, 0.2) is 11.5 Å². The van der Waals surface area contributed by atoms with Gasteiger partial charge in [0.2, 0.25) is 5.95 Å². The number of methoxy groups -OCH3 is 2. The fourth-order valence-electron chi connectivity index (χ4n) is 3.08. The molecule has 0 saturated carbocycles. The summed E-state index contributed by atoms with van der Waals surface area (Å²) < 4.78 is 25.8. The van der Waals surface area contributed by atoms with Crippen molar-refractivity contribution in [3.8, 4) is 22.8 Å². The van der Waals surface area contributed by atoms with Crippen LogP contribution >= 0.6 is 0 Å². The van der Waals surface area contributed by atoms with Crippen molar-refractivity contribution in [2.24, 2.45) is 0 Å². The minimum absolute atomic E-state index is 0. The van der Waals surface area contributed by atoms with Crippen molar-refractivity contribution in [1.82, 2.24) is 14.4 Å². The van der Waals surface area contributed by atoms with E-state index in [9.17, 15) is 14.3 Å². The molecule has 4 rings (SSSR count). The number of aromatic carboxylic acids is 1. The molecule has 0 bridgehead atoms. The molecule has 0 amide bonds. The number of carboxylic acids is 1. The van der Waals surface area contributed by atoms with Gasteiger partial charge in [-0.05, 0) is 36.4 Å². The molecular formula is C22H21FN4O4. The molecule has 160 valence electrons. The Labute approximate surface area is 177 Å². The van der Waals surface area contributed by atoms with Crippen LogP contribution in [0.3, 0.4) is 0 Å². The van der Waals surface area contributed by atoms with Crippen molar-refractivity contribution in [1.29, 1.82) is 0 Å². The third-order valence-electron chi connectivity index (χ3n) is 4.53. The van der Waals surface area contributed by atoms with Gasteiger partial charge in [0.05, 0.1) is 31.2 Å². The van der Waals surface area contributed by atoms with Crippen LogP contribution in [0.1, 0.15) is 17.8 Å². The van der Waals surface area contributed by atoms with Gasteiger partial charge in [0.1, 0.15) is 11.5 Å². The van der Waals surface area contributed by atoms with Gasteiger partial charge < -0.3 is 19.9 Å². The van der Waals surface area contributed by atoms with Crippen LogP contribution in [-0.2, 0) is 0 Å². The van der Waals surface area contributed by atoms with E-state index in [-0.39, 0.29) is 18.7 Å². The predicted molar refractivity (Wildman–Crippen MR) is 115 cm³/mol. The molecule has 9 heteroatoms. The molecule has 0 aliphatic rings. The lowest BCUT2D eigenvalue weighted by molar-refractivity contribution is 0.0697. The average molecular weight is 424 g/mol. The van der Waals surface area contributed by atoms with Crippen molar-refractivity contribution in [3.63, 3.8) is 0 Å². The van der Waals surface area contributed by atoms with Crippen LogP contribution < -0.4 is 14.8 Å². The van der Waals surface area contributed by atoms with Crippen molar-refractivity contribution in [2.45, 2.75) is 7.43 Å². The zero-order chi connectivity index (χ0) is 21.3. The molecule has 8 nitrogen and oxygen atoms in total. The lowest BCUT2D eigenvalue weighted by Crippen LogP contribution is -2.07. The van der Waals surface area contributed by atoms with Crippen LogP contribution in [0, 0.1) is 5.82 Å². The molecule has 4 aromatic rings. The molecule has 0 fully saturated rings. The Bertz CT molecular complexity index is 1260. The van der Waals surface area contributed by atoms with E-state index in [0.29, 0.717) is 28.8 Å². The number of halogens is 1. The first-order chi connectivity index (χ1) is 14.5. The summed E-state index contributed by atoms with van der Waals surface area (Å²) in [7, 11) is 3.10. The lowest BCUT2D eigenvalue weighted by atomic mass is 10.1. The van der Waals surface area contributed by atoms with Crippen molar-refractivity contribution < 1.29 is 23.8 Å². The number of anilines is 2. The van der Waals surface area contributed by atoms with E-state index in [1.807, 2.05) is 6.07 Å². The fourth-order valence-corrected chi connectivity index (χ4v) is 3.08. The molecule has 2 aromatic heterocycles. The van der Waals surface area contributed by atoms with Gasteiger partial charge in [-0.25, -0.2) is 19.2 Å². The van der Waals surface area contributed by atoms with Crippen LogP contribution in [0.5, 0.6) is 11.5 Å². The third kappa shape index (κ3) is 4.11. The molecular weight excluding hydrogens is 403 g/mol. The van der Waals surface area contributed by atoms with Crippen LogP contribution in [0.4, 0.5) is 16.0 Å². The summed E-state index contributed by atoms with van der Waals surface area (Å²) in [5, 5.41) is 12.4. The predicted octanol–water partition coefficient (Wildman–Crippen LogP) is 4.63. The van der Waals surface area contributed by atoms with E-state index in [1.165, 1.54) is 12.1 Å². The molecule has 31 heavy (non-hydrogen) atoms. The minimum Gasteiger partial charge on any atom is -0.493 e. The summed E-state index contributed by atoms with van der Waals surface area (Å²) in [6, 6.07) is 10.6. The standard InChI is InChI=1S/C21H17FN4O4.CH4/c1-29-17-6-3-12(9-18(17)30-2)16-11-19-23-7-8-26(19)21(25-16)24-15-5-4-13(22)10-14(15)20(27)28;/h3-11H,1-2H3,(H,24,25)(H,27,28);1H4. The van der Waals surface area contributed by atoms with Gasteiger partial charge in [0, 0.05) is 24.0 Å². The largest absolute Gasteiger partial charge is 0.493 e. The van der Waals surface area contributed by atoms with Crippen LogP contribution in [0.25, 0.3) is 16.9 Å². The lowest BCUT2D eigenvalue weighted by Gasteiger charge is -2.13. The second kappa shape index (κ2) is 8.70. The summed E-state index contributed by atoms with van der Waals surface area (Å²) in [4.78, 5) is 20.5. The number of imidazole rings is 1. The monoisotopic (exact) mass is 424 g/mol. The van der Waals surface area contributed by atoms with E-state index < -0.39 is 11.8 Å². The number of carboxylic acid groups (broad SMARTS) is 1. The zero-order valence-electron chi connectivity index (χ0n) is 16.1. The number of nitrogens with one attached hydrogen (secondary N) is 1. The number of nitrogens with zero attached hydrogens (tertiary/aromatic N) is 3. The highest BCUT2D eigenvalue weighted by atomic mass is 19.1. The summed E-state index contributed by atoms with van der Waals surface area (Å²) >= 11 is 0. The van der Waals surface area contributed by atoms with Crippen LogP contribution in [0.15, 0.2) is 54.9 Å². The molecule has 0 unspecified atom stereocenters. The Balaban J connectivity index is 0.00000272. The van der Waals surface area contributed by atoms with Crippen molar-refractivity contribution in [3.05, 3.63) is 66.2 Å². The summed E-state index contributed by atoms with van der Waals surface area (Å²) in [6.45, 7) is 0. The number of rotatable bonds is 6. The van der Waals surface area contributed by atoms with Crippen molar-refractivity contribution in [2.75, 3.05) is 19.5 Å². The van der Waals surface area contributed by atoms with Gasteiger partial charge in [0.25, 0.3) is 0 Å². The van der Waals surface area contributed by atoms with E-state index in [0.717, 1.165) is 11.6 Å². The fraction of sp³-hybridized carbons (Fsp3) is 0.136. The van der Waals surface area contributed by atoms with Crippen LogP contribution in [-0.4, -0.2) is 39.7 Å². The maximum Gasteiger partial charge on any atom is 0.337 e. The number of benzene rings is 2. The van der Waals surface area contributed by atoms with E-state index in [1.54, 1.807) is 49.2 Å². The molecule has 0 aliphatic heterocycles. The SMILES string of the molecule is C.COc1ccc(-c2cc3nccn3c(Nc3ccc(F)cc3C(=O)O)n2)cc1OC. The molecule has 0 radical (unpaired) electrons. The first-order valence-corrected chi connectivity index (χ1v) is 8.86. The molecule has 0 aliphatic carbocycles. The van der Waals surface area contributed by atoms with Crippen LogP contribution in [0.2, 0.25) is 0 Å². The number of hydrogen-bond acceptors (Lipinski definition) is 6. The van der Waals surface area contributed by atoms with E-state index >= 15 is 0 Å². The zero-order valence-corrected chi connectivity index (χ0v) is 16.1. The first kappa shape index (κ1) is 21.6. The summed E-state index contributed by atoms with van der Waals surface area (Å²) in [6.07, 6.45) is 3.29. The molecule has 2 heterocycles. The highest BCUT2D eigenvalue weighted by molar-refractivity contribution is 5.95. The maximum absolute atomic E-state index is 13.5. The van der Waals surface area contributed by atoms with E-state index in [4.69, 9.17) is 9.47 Å². The topological polar surface area (TPSA) is 98.0 Å². The van der Waals surface area contributed by atoms with E-state index in [2.05, 4.69) is 15.3 Å². The maximum atomic E-state index is 13.5. The second-order valence-electron chi connectivity index (χ2n) is 6.31. The molecule has 0 atom stereocenters. The van der Waals surface area contributed by atoms with Crippen molar-refractivity contribution >= 4 is 23.3 Å². The van der Waals surface area contributed by atoms with Gasteiger partial charge >= 0.3 is 5.97 Å². The highest BCUT2D eigenvalue weighted by Crippen LogP contribution is 2.33. The normalized spacial score (nSPS) is 10.4. The Morgan fingerprint density at radius 3 is 2.58 bits per heavy atom. The number of aromatic nitrogens is 3. The Hall–Kier alpha value is -4.14. The van der Waals surface area contributed by atoms with Gasteiger partial charge in [-0.1, -0.05) is 7.43 Å². The Morgan fingerprint density at radius 2 is 1.87 bits per heavy atom. The van der Waals surface area contributed by atoms with Gasteiger partial charge in [-0.15, -0.1) is 0 Å². The number of hydrogen-bond donors (Lipinski definition) is 2. The molecule has 2 aromatic carbocycles. The smallest absolute Gasteiger partial charge is 0.337 e. The summed E-state index contributed by atoms with van der Waals surface area (Å²) in [5.41, 5.74) is 1.92. The summed E-state index contributed by atoms with van der Waals surface area (Å²) in [5.74, 6) is -0.447. The Kier molecular flexibility index (Phi) is 6.05. The quantitative estimate of drug-likeness (QED) is 0.466. The number of ether oxygens (including phenoxy) is 2. The second-order valence-corrected chi connectivity index (χ2v) is 6.31. The highest BCUT2D eigenvalue weighted by Gasteiger charge is 2.15. The average Bonchev–Trinajstić information content (AvgIpc) is 3.23. The number of carbonyl (C=O) groups is 1. The Morgan fingerprint density at radius 1 is 1.10 bits per heavy atom. The van der Waals surface area contributed by atoms with Gasteiger partial charge in [-0.3, -0.25) is 4.40 Å².